The van der Waals surface area contributed by atoms with E-state index < -0.39 is 10.2 Å². The number of nitrogens with one attached hydrogen (secondary N) is 1. The lowest BCUT2D eigenvalue weighted by molar-refractivity contribution is 0.504. The number of nitrogens with zero attached hydrogens (tertiary/aromatic N) is 4. The molecule has 0 saturated carbocycles. The quantitative estimate of drug-likeness (QED) is 0.767. The molecule has 1 rings (SSSR count). The molecule has 0 unspecified atom stereocenters. The molecule has 17 heavy (non-hydrogen) atoms. The van der Waals surface area contributed by atoms with Gasteiger partial charge in [0.1, 0.15) is 0 Å². The van der Waals surface area contributed by atoms with Gasteiger partial charge in [-0.25, -0.2) is 9.97 Å². The normalized spacial score (nSPS) is 11.8. The van der Waals surface area contributed by atoms with Crippen molar-refractivity contribution in [1.29, 1.82) is 0 Å². The zero-order valence-electron chi connectivity index (χ0n) is 10.4. The maximum atomic E-state index is 11.5. The molecule has 1 N–H and O–H groups in total. The summed E-state index contributed by atoms with van der Waals surface area (Å²) in [7, 11) is 3.16. The highest BCUT2D eigenvalue weighted by Gasteiger charge is 2.12. The number of rotatable bonds is 5. The predicted molar refractivity (Wildman–Crippen MR) is 65.8 cm³/mol. The Morgan fingerprint density at radius 3 is 2.47 bits per heavy atom. The van der Waals surface area contributed by atoms with E-state index in [1.165, 1.54) is 14.1 Å². The minimum Gasteiger partial charge on any atom is -0.347 e. The predicted octanol–water partition coefficient (Wildman–Crippen LogP) is -0.561. The highest BCUT2D eigenvalue weighted by atomic mass is 32.2. The van der Waals surface area contributed by atoms with E-state index in [0.29, 0.717) is 11.6 Å². The van der Waals surface area contributed by atoms with Crippen LogP contribution in [0.4, 0.5) is 5.95 Å². The van der Waals surface area contributed by atoms with Gasteiger partial charge in [-0.05, 0) is 6.07 Å². The lowest BCUT2D eigenvalue weighted by Crippen LogP contribution is -2.35. The molecule has 0 saturated heterocycles. The van der Waals surface area contributed by atoms with Gasteiger partial charge in [-0.1, -0.05) is 0 Å². The summed E-state index contributed by atoms with van der Waals surface area (Å²) in [5.74, 6) is 0.548. The van der Waals surface area contributed by atoms with Crippen LogP contribution in [0.25, 0.3) is 0 Å². The second kappa shape index (κ2) is 5.39. The average Bonchev–Trinajstić information content (AvgIpc) is 2.26. The van der Waals surface area contributed by atoms with Crippen LogP contribution in [0.1, 0.15) is 5.69 Å². The van der Waals surface area contributed by atoms with Crippen LogP contribution in [-0.2, 0) is 16.8 Å². The van der Waals surface area contributed by atoms with Gasteiger partial charge in [-0.3, -0.25) is 0 Å². The van der Waals surface area contributed by atoms with Crippen LogP contribution in [0.3, 0.4) is 0 Å². The fraction of sp³-hybridized carbons (Fsp3) is 0.556. The van der Waals surface area contributed by atoms with Gasteiger partial charge in [-0.15, -0.1) is 0 Å². The average molecular weight is 259 g/mol. The van der Waals surface area contributed by atoms with Gasteiger partial charge in [-0.2, -0.15) is 17.4 Å². The lowest BCUT2D eigenvalue weighted by atomic mass is 10.4. The highest BCUT2D eigenvalue weighted by molar-refractivity contribution is 7.87. The molecule has 7 nitrogen and oxygen atoms in total. The number of hydrogen-bond acceptors (Lipinski definition) is 5. The number of anilines is 1. The molecular formula is C9H17N5O2S. The Morgan fingerprint density at radius 1 is 1.29 bits per heavy atom. The van der Waals surface area contributed by atoms with Gasteiger partial charge in [0.05, 0.1) is 12.2 Å². The number of aromatic nitrogens is 2. The maximum absolute atomic E-state index is 11.5. The van der Waals surface area contributed by atoms with Gasteiger partial charge in [0.15, 0.2) is 0 Å². The molecule has 8 heteroatoms. The van der Waals surface area contributed by atoms with E-state index in [4.69, 9.17) is 0 Å². The highest BCUT2D eigenvalue weighted by Crippen LogP contribution is 2.03. The zero-order valence-corrected chi connectivity index (χ0v) is 11.2. The second-order valence-corrected chi connectivity index (χ2v) is 5.82. The maximum Gasteiger partial charge on any atom is 0.279 e. The van der Waals surface area contributed by atoms with Crippen molar-refractivity contribution < 1.29 is 8.42 Å². The summed E-state index contributed by atoms with van der Waals surface area (Å²) in [5.41, 5.74) is 0.620. The van der Waals surface area contributed by atoms with Gasteiger partial charge in [0.25, 0.3) is 10.2 Å². The van der Waals surface area contributed by atoms with Crippen LogP contribution in [0, 0.1) is 0 Å². The molecule has 0 spiro atoms. The summed E-state index contributed by atoms with van der Waals surface area (Å²) >= 11 is 0. The van der Waals surface area contributed by atoms with Crippen molar-refractivity contribution >= 4 is 16.2 Å². The van der Waals surface area contributed by atoms with Crippen LogP contribution < -0.4 is 9.62 Å². The molecule has 0 fully saturated rings. The van der Waals surface area contributed by atoms with Gasteiger partial charge >= 0.3 is 0 Å². The molecule has 0 aliphatic heterocycles. The molecule has 0 atom stereocenters. The van der Waals surface area contributed by atoms with E-state index in [1.54, 1.807) is 17.2 Å². The zero-order chi connectivity index (χ0) is 13.1. The first-order chi connectivity index (χ1) is 7.83. The van der Waals surface area contributed by atoms with Crippen LogP contribution in [-0.4, -0.2) is 50.9 Å². The van der Waals surface area contributed by atoms with Crippen LogP contribution in [0.15, 0.2) is 12.3 Å². The van der Waals surface area contributed by atoms with Gasteiger partial charge in [0, 0.05) is 34.4 Å². The Bertz CT molecular complexity index is 472. The van der Waals surface area contributed by atoms with E-state index in [9.17, 15) is 8.42 Å². The fourth-order valence-electron chi connectivity index (χ4n) is 0.993. The Balaban J connectivity index is 2.74. The summed E-state index contributed by atoms with van der Waals surface area (Å²) in [5, 5.41) is 0. The minimum atomic E-state index is -3.42. The second-order valence-electron chi connectivity index (χ2n) is 3.85. The van der Waals surface area contributed by atoms with Crippen molar-refractivity contribution in [3.8, 4) is 0 Å². The SMILES string of the molecule is CN(C)c1nccc(CNS(=O)(=O)N(C)C)n1. The fourth-order valence-corrected chi connectivity index (χ4v) is 1.58. The van der Waals surface area contributed by atoms with Gasteiger partial charge in [0.2, 0.25) is 5.95 Å². The van der Waals surface area contributed by atoms with Crippen molar-refractivity contribution in [2.45, 2.75) is 6.54 Å². The topological polar surface area (TPSA) is 78.4 Å². The Kier molecular flexibility index (Phi) is 4.38. The molecule has 1 heterocycles. The molecule has 0 bridgehead atoms. The Hall–Kier alpha value is -1.25. The molecular weight excluding hydrogens is 242 g/mol. The van der Waals surface area contributed by atoms with E-state index >= 15 is 0 Å². The van der Waals surface area contributed by atoms with E-state index in [1.807, 2.05) is 14.1 Å². The monoisotopic (exact) mass is 259 g/mol. The Labute approximate surface area is 102 Å². The summed E-state index contributed by atoms with van der Waals surface area (Å²) in [4.78, 5) is 10.0. The van der Waals surface area contributed by atoms with Crippen LogP contribution >= 0.6 is 0 Å². The first-order valence-corrected chi connectivity index (χ1v) is 6.43. The summed E-state index contributed by atoms with van der Waals surface area (Å²) < 4.78 is 26.5. The van der Waals surface area contributed by atoms with E-state index in [2.05, 4.69) is 14.7 Å². The van der Waals surface area contributed by atoms with Crippen LogP contribution in [0.2, 0.25) is 0 Å². The molecule has 1 aromatic heterocycles. The minimum absolute atomic E-state index is 0.143. The summed E-state index contributed by atoms with van der Waals surface area (Å²) in [6.45, 7) is 0.143. The summed E-state index contributed by atoms with van der Waals surface area (Å²) in [6.07, 6.45) is 1.60. The Morgan fingerprint density at radius 2 is 1.94 bits per heavy atom. The third kappa shape index (κ3) is 3.91. The number of hydrogen-bond donors (Lipinski definition) is 1. The third-order valence-corrected chi connectivity index (χ3v) is 3.49. The smallest absolute Gasteiger partial charge is 0.279 e. The molecule has 0 radical (unpaired) electrons. The van der Waals surface area contributed by atoms with E-state index in [-0.39, 0.29) is 6.54 Å². The van der Waals surface area contributed by atoms with Crippen molar-refractivity contribution in [3.63, 3.8) is 0 Å². The van der Waals surface area contributed by atoms with Crippen molar-refractivity contribution in [1.82, 2.24) is 19.0 Å². The molecule has 96 valence electrons. The molecule has 0 amide bonds. The molecule has 0 aliphatic rings. The van der Waals surface area contributed by atoms with E-state index in [0.717, 1.165) is 4.31 Å². The van der Waals surface area contributed by atoms with Crippen molar-refractivity contribution in [3.05, 3.63) is 18.0 Å². The standard InChI is InChI=1S/C9H17N5O2S/c1-13(2)9-10-6-5-8(12-9)7-11-17(15,16)14(3)4/h5-6,11H,7H2,1-4H3. The molecule has 0 aliphatic carbocycles. The molecule has 1 aromatic rings. The van der Waals surface area contributed by atoms with Gasteiger partial charge < -0.3 is 4.90 Å². The molecule has 0 aromatic carbocycles. The first-order valence-electron chi connectivity index (χ1n) is 4.99. The van der Waals surface area contributed by atoms with Crippen molar-refractivity contribution in [2.75, 3.05) is 33.1 Å². The van der Waals surface area contributed by atoms with Crippen molar-refractivity contribution in [2.24, 2.45) is 0 Å². The lowest BCUT2D eigenvalue weighted by Gasteiger charge is -2.13. The summed E-state index contributed by atoms with van der Waals surface area (Å²) in [6, 6.07) is 1.67. The third-order valence-electron chi connectivity index (χ3n) is 2.02. The van der Waals surface area contributed by atoms with Crippen LogP contribution in [0.5, 0.6) is 0 Å². The largest absolute Gasteiger partial charge is 0.347 e. The first kappa shape index (κ1) is 13.8.